The summed E-state index contributed by atoms with van der Waals surface area (Å²) in [6, 6.07) is 14.8. The van der Waals surface area contributed by atoms with Crippen molar-refractivity contribution in [2.45, 2.75) is 27.0 Å². The number of hydrogen-bond acceptors (Lipinski definition) is 3. The lowest BCUT2D eigenvalue weighted by Gasteiger charge is -2.10. The van der Waals surface area contributed by atoms with Crippen LogP contribution < -0.4 is 10.6 Å². The topological polar surface area (TPSA) is 67.4 Å². The highest BCUT2D eigenvalue weighted by Gasteiger charge is 2.08. The van der Waals surface area contributed by atoms with Crippen molar-refractivity contribution in [1.82, 2.24) is 5.32 Å². The number of carbonyl (C=O) groups excluding carboxylic acids is 2. The summed E-state index contributed by atoms with van der Waals surface area (Å²) < 4.78 is 5.06. The van der Waals surface area contributed by atoms with Crippen LogP contribution in [0.3, 0.4) is 0 Å². The van der Waals surface area contributed by atoms with Gasteiger partial charge in [0.05, 0.1) is 6.61 Å². The van der Waals surface area contributed by atoms with E-state index in [0.29, 0.717) is 18.7 Å². The summed E-state index contributed by atoms with van der Waals surface area (Å²) in [5.41, 5.74) is 3.28. The molecule has 0 aliphatic heterocycles. The molecule has 0 aliphatic rings. The Balaban J connectivity index is 1.94. The molecule has 0 saturated carbocycles. The van der Waals surface area contributed by atoms with Gasteiger partial charge in [0.1, 0.15) is 0 Å². The van der Waals surface area contributed by atoms with Gasteiger partial charge in [-0.05, 0) is 35.4 Å². The fourth-order valence-corrected chi connectivity index (χ4v) is 2.25. The number of carbonyl (C=O) groups is 2. The molecule has 2 amide bonds. The first-order valence-corrected chi connectivity index (χ1v) is 8.25. The number of benzene rings is 2. The molecule has 2 rings (SSSR count). The second-order valence-corrected chi connectivity index (χ2v) is 6.16. The van der Waals surface area contributed by atoms with Crippen molar-refractivity contribution in [3.63, 3.8) is 0 Å². The van der Waals surface area contributed by atoms with Gasteiger partial charge in [-0.25, -0.2) is 0 Å². The summed E-state index contributed by atoms with van der Waals surface area (Å²) in [6.45, 7) is 4.61. The van der Waals surface area contributed by atoms with Crippen LogP contribution >= 0.6 is 0 Å². The second kappa shape index (κ2) is 8.99. The number of ether oxygens (including phenoxy) is 1. The smallest absolute Gasteiger partial charge is 0.251 e. The third-order valence-electron chi connectivity index (χ3n) is 3.70. The predicted octanol–water partition coefficient (Wildman–Crippen LogP) is 3.36. The molecule has 5 heteroatoms. The lowest BCUT2D eigenvalue weighted by Crippen LogP contribution is -2.23. The molecule has 0 aromatic heterocycles. The molecule has 0 fully saturated rings. The fourth-order valence-electron chi connectivity index (χ4n) is 2.25. The van der Waals surface area contributed by atoms with E-state index in [-0.39, 0.29) is 17.7 Å². The largest absolute Gasteiger partial charge is 0.380 e. The summed E-state index contributed by atoms with van der Waals surface area (Å²) in [5, 5.41) is 5.74. The van der Waals surface area contributed by atoms with Crippen molar-refractivity contribution in [2.24, 2.45) is 5.92 Å². The number of nitrogens with one attached hydrogen (secondary N) is 2. The number of hydrogen-bond donors (Lipinski definition) is 2. The van der Waals surface area contributed by atoms with Crippen LogP contribution in [0.4, 0.5) is 5.69 Å². The van der Waals surface area contributed by atoms with E-state index < -0.39 is 0 Å². The zero-order chi connectivity index (χ0) is 18.2. The monoisotopic (exact) mass is 340 g/mol. The van der Waals surface area contributed by atoms with E-state index >= 15 is 0 Å². The van der Waals surface area contributed by atoms with E-state index in [4.69, 9.17) is 4.74 Å². The van der Waals surface area contributed by atoms with Crippen LogP contribution in [-0.2, 0) is 22.7 Å². The minimum absolute atomic E-state index is 0.0302. The summed E-state index contributed by atoms with van der Waals surface area (Å²) in [5.74, 6) is -0.248. The van der Waals surface area contributed by atoms with Crippen LogP contribution in [0.25, 0.3) is 0 Å². The van der Waals surface area contributed by atoms with Crippen LogP contribution in [0.1, 0.15) is 35.3 Å². The van der Waals surface area contributed by atoms with Gasteiger partial charge in [0.25, 0.3) is 5.91 Å². The minimum Gasteiger partial charge on any atom is -0.380 e. The Bertz CT molecular complexity index is 724. The first kappa shape index (κ1) is 18.7. The average molecular weight is 340 g/mol. The van der Waals surface area contributed by atoms with Crippen molar-refractivity contribution in [1.29, 1.82) is 0 Å². The molecule has 0 spiro atoms. The average Bonchev–Trinajstić information content (AvgIpc) is 2.61. The highest BCUT2D eigenvalue weighted by Crippen LogP contribution is 2.12. The molecule has 0 radical (unpaired) electrons. The Hall–Kier alpha value is -2.66. The molecule has 5 nitrogen and oxygen atoms in total. The van der Waals surface area contributed by atoms with E-state index in [1.165, 1.54) is 0 Å². The fraction of sp³-hybridized carbons (Fsp3) is 0.300. The van der Waals surface area contributed by atoms with E-state index in [2.05, 4.69) is 10.6 Å². The lowest BCUT2D eigenvalue weighted by atomic mass is 10.1. The maximum Gasteiger partial charge on any atom is 0.251 e. The van der Waals surface area contributed by atoms with Crippen molar-refractivity contribution in [2.75, 3.05) is 12.4 Å². The van der Waals surface area contributed by atoms with Gasteiger partial charge in [-0.3, -0.25) is 9.59 Å². The van der Waals surface area contributed by atoms with Crippen LogP contribution in [-0.4, -0.2) is 18.9 Å². The summed E-state index contributed by atoms with van der Waals surface area (Å²) in [4.78, 5) is 24.0. The van der Waals surface area contributed by atoms with Crippen LogP contribution in [0, 0.1) is 5.92 Å². The van der Waals surface area contributed by atoms with E-state index in [9.17, 15) is 9.59 Å². The van der Waals surface area contributed by atoms with E-state index in [0.717, 1.165) is 16.8 Å². The summed E-state index contributed by atoms with van der Waals surface area (Å²) >= 11 is 0. The van der Waals surface area contributed by atoms with Crippen molar-refractivity contribution >= 4 is 17.5 Å². The third-order valence-corrected chi connectivity index (χ3v) is 3.70. The van der Waals surface area contributed by atoms with Gasteiger partial charge < -0.3 is 15.4 Å². The Morgan fingerprint density at radius 2 is 1.76 bits per heavy atom. The van der Waals surface area contributed by atoms with Crippen LogP contribution in [0.2, 0.25) is 0 Å². The highest BCUT2D eigenvalue weighted by atomic mass is 16.5. The van der Waals surface area contributed by atoms with Crippen LogP contribution in [0.5, 0.6) is 0 Å². The van der Waals surface area contributed by atoms with Crippen molar-refractivity contribution < 1.29 is 14.3 Å². The highest BCUT2D eigenvalue weighted by molar-refractivity contribution is 5.94. The number of rotatable bonds is 7. The van der Waals surface area contributed by atoms with Gasteiger partial charge in [0.2, 0.25) is 5.91 Å². The predicted molar refractivity (Wildman–Crippen MR) is 98.2 cm³/mol. The molecule has 2 aromatic rings. The minimum atomic E-state index is -0.138. The van der Waals surface area contributed by atoms with Gasteiger partial charge in [0.15, 0.2) is 0 Å². The van der Waals surface area contributed by atoms with Gasteiger partial charge in [-0.2, -0.15) is 0 Å². The Morgan fingerprint density at radius 3 is 2.40 bits per heavy atom. The molecule has 0 aliphatic carbocycles. The molecule has 25 heavy (non-hydrogen) atoms. The van der Waals surface area contributed by atoms with Crippen molar-refractivity contribution in [3.8, 4) is 0 Å². The van der Waals surface area contributed by atoms with Gasteiger partial charge in [-0.15, -0.1) is 0 Å². The Morgan fingerprint density at radius 1 is 1.04 bits per heavy atom. The SMILES string of the molecule is COCc1ccc(C(=O)NCc2cccc(NC(=O)C(C)C)c2)cc1. The lowest BCUT2D eigenvalue weighted by molar-refractivity contribution is -0.118. The Labute approximate surface area is 148 Å². The molecular weight excluding hydrogens is 316 g/mol. The van der Waals surface area contributed by atoms with E-state index in [1.54, 1.807) is 19.2 Å². The Kier molecular flexibility index (Phi) is 6.71. The number of methoxy groups -OCH3 is 1. The first-order chi connectivity index (χ1) is 12.0. The maximum atomic E-state index is 12.2. The molecule has 0 heterocycles. The van der Waals surface area contributed by atoms with Crippen LogP contribution in [0.15, 0.2) is 48.5 Å². The second-order valence-electron chi connectivity index (χ2n) is 6.16. The molecule has 0 saturated heterocycles. The molecule has 0 unspecified atom stereocenters. The van der Waals surface area contributed by atoms with Gasteiger partial charge >= 0.3 is 0 Å². The third kappa shape index (κ3) is 5.72. The van der Waals surface area contributed by atoms with E-state index in [1.807, 2.05) is 50.2 Å². The maximum absolute atomic E-state index is 12.2. The van der Waals surface area contributed by atoms with Gasteiger partial charge in [0, 0.05) is 30.8 Å². The zero-order valence-electron chi connectivity index (χ0n) is 14.8. The van der Waals surface area contributed by atoms with Crippen molar-refractivity contribution in [3.05, 3.63) is 65.2 Å². The van der Waals surface area contributed by atoms with Gasteiger partial charge in [-0.1, -0.05) is 38.1 Å². The molecule has 2 aromatic carbocycles. The number of anilines is 1. The molecule has 2 N–H and O–H groups in total. The molecular formula is C20H24N2O3. The first-order valence-electron chi connectivity index (χ1n) is 8.25. The molecule has 132 valence electrons. The zero-order valence-corrected chi connectivity index (χ0v) is 14.8. The number of amides is 2. The standard InChI is InChI=1S/C20H24N2O3/c1-14(2)19(23)22-18-6-4-5-16(11-18)12-21-20(24)17-9-7-15(8-10-17)13-25-3/h4-11,14H,12-13H2,1-3H3,(H,21,24)(H,22,23). The molecule has 0 bridgehead atoms. The normalized spacial score (nSPS) is 10.6. The summed E-state index contributed by atoms with van der Waals surface area (Å²) in [6.07, 6.45) is 0. The molecule has 0 atom stereocenters. The summed E-state index contributed by atoms with van der Waals surface area (Å²) in [7, 11) is 1.64. The quantitative estimate of drug-likeness (QED) is 0.812.